The highest BCUT2D eigenvalue weighted by molar-refractivity contribution is 7.91. The molecule has 4 heterocycles. The highest BCUT2D eigenvalue weighted by Gasteiger charge is 2.62. The first-order valence-corrected chi connectivity index (χ1v) is 22.1. The number of carbonyl (C=O) groups excluding carboxylic acids is 4. The minimum absolute atomic E-state index is 0.0348. The summed E-state index contributed by atoms with van der Waals surface area (Å²) in [6, 6.07) is 5.44. The molecule has 2 aromatic rings. The Bertz CT molecular complexity index is 2020. The normalized spacial score (nSPS) is 30.0. The predicted molar refractivity (Wildman–Crippen MR) is 210 cm³/mol. The SMILES string of the molecule is C=CC1C[C@]1(NC(=O)[C@@H]1C[C@@H]2CN1C(=O)[C@H](C1CCCC1)NC(=O)N1CC[C@H](C1)OCCCCCc1cc3ccc(OC)cc3nc1O2)C(=O)NS(=O)(=O)C1CC1. The summed E-state index contributed by atoms with van der Waals surface area (Å²) in [6.45, 7) is 5.40. The van der Waals surface area contributed by atoms with Crippen LogP contribution in [0.4, 0.5) is 4.79 Å². The molecule has 57 heavy (non-hydrogen) atoms. The molecule has 3 saturated carbocycles. The number of carbonyl (C=O) groups is 4. The Morgan fingerprint density at radius 1 is 1.04 bits per heavy atom. The van der Waals surface area contributed by atoms with Gasteiger partial charge in [-0.2, -0.15) is 0 Å². The van der Waals surface area contributed by atoms with Crippen LogP contribution in [0.5, 0.6) is 11.6 Å². The lowest BCUT2D eigenvalue weighted by atomic mass is 9.96. The van der Waals surface area contributed by atoms with Gasteiger partial charge in [-0.1, -0.05) is 25.3 Å². The number of hydrogen-bond donors (Lipinski definition) is 3. The molecule has 3 aliphatic carbocycles. The Balaban J connectivity index is 1.12. The maximum absolute atomic E-state index is 14.9. The van der Waals surface area contributed by atoms with Gasteiger partial charge in [0.05, 0.1) is 30.5 Å². The third kappa shape index (κ3) is 8.30. The van der Waals surface area contributed by atoms with Crippen LogP contribution < -0.4 is 24.8 Å². The van der Waals surface area contributed by atoms with E-state index in [9.17, 15) is 27.6 Å². The highest BCUT2D eigenvalue weighted by Crippen LogP contribution is 2.46. The number of nitrogens with one attached hydrogen (secondary N) is 3. The van der Waals surface area contributed by atoms with E-state index in [-0.39, 0.29) is 37.4 Å². The molecule has 3 N–H and O–H groups in total. The Kier molecular flexibility index (Phi) is 11.1. The minimum atomic E-state index is -3.89. The van der Waals surface area contributed by atoms with Gasteiger partial charge in [0, 0.05) is 49.1 Å². The van der Waals surface area contributed by atoms with Crippen molar-refractivity contribution in [1.29, 1.82) is 0 Å². The number of pyridine rings is 1. The predicted octanol–water partition coefficient (Wildman–Crippen LogP) is 3.35. The van der Waals surface area contributed by atoms with Gasteiger partial charge in [-0.05, 0) is 81.9 Å². The second-order valence-electron chi connectivity index (χ2n) is 16.7. The first kappa shape index (κ1) is 39.4. The standard InChI is InChI=1S/C41H54N6O9S/c1-3-28-22-41(28,39(50)45-57(52,53)32-14-15-32)44-36(48)34-21-31-24-47(34)38(49)35(25-9-6-7-10-25)43-40(51)46-17-16-30(23-46)55-18-8-4-5-11-27-19-26-12-13-29(54-2)20-33(26)42-37(27)56-31/h3,12-13,19-20,25,28,30-32,34-35H,1,4-11,14-18,21-24H2,2H3,(H,43,51)(H,44,48)(H,45,50)/t28?,30-,31-,34+,35+,41-/m1/s1. The van der Waals surface area contributed by atoms with Crippen LogP contribution in [-0.4, -0.2) is 115 Å². The summed E-state index contributed by atoms with van der Waals surface area (Å²) in [5, 5.41) is 6.25. The van der Waals surface area contributed by atoms with Gasteiger partial charge in [0.25, 0.3) is 5.91 Å². The molecule has 5 fully saturated rings. The van der Waals surface area contributed by atoms with Crippen molar-refractivity contribution in [3.05, 3.63) is 42.5 Å². The first-order chi connectivity index (χ1) is 27.5. The molecule has 1 aromatic heterocycles. The van der Waals surface area contributed by atoms with Gasteiger partial charge >= 0.3 is 6.03 Å². The second-order valence-corrected chi connectivity index (χ2v) is 18.6. The summed E-state index contributed by atoms with van der Waals surface area (Å²) in [5.41, 5.74) is 0.0468. The zero-order valence-electron chi connectivity index (χ0n) is 32.6. The molecule has 3 aliphatic heterocycles. The van der Waals surface area contributed by atoms with Crippen LogP contribution in [0.1, 0.15) is 82.6 Å². The number of benzene rings is 1. The molecule has 8 rings (SSSR count). The maximum atomic E-state index is 14.9. The van der Waals surface area contributed by atoms with E-state index in [1.54, 1.807) is 12.0 Å². The van der Waals surface area contributed by atoms with Crippen LogP contribution in [0.15, 0.2) is 36.9 Å². The van der Waals surface area contributed by atoms with Crippen LogP contribution in [0.25, 0.3) is 10.9 Å². The molecule has 1 aromatic carbocycles. The number of rotatable bonds is 8. The molecule has 1 unspecified atom stereocenters. The Labute approximate surface area is 333 Å². The average Bonchev–Trinajstić information content (AvgIpc) is 3.97. The van der Waals surface area contributed by atoms with E-state index < -0.39 is 62.6 Å². The zero-order chi connectivity index (χ0) is 39.9. The van der Waals surface area contributed by atoms with Crippen molar-refractivity contribution in [3.63, 3.8) is 0 Å². The van der Waals surface area contributed by atoms with Crippen LogP contribution >= 0.6 is 0 Å². The van der Waals surface area contributed by atoms with Gasteiger partial charge in [0.1, 0.15) is 29.5 Å². The van der Waals surface area contributed by atoms with Crippen molar-refractivity contribution < 1.29 is 41.8 Å². The smallest absolute Gasteiger partial charge is 0.318 e. The number of sulfonamides is 1. The summed E-state index contributed by atoms with van der Waals surface area (Å²) in [5.74, 6) is -1.39. The van der Waals surface area contributed by atoms with E-state index in [0.29, 0.717) is 62.5 Å². The molecule has 15 nitrogen and oxygen atoms in total. The van der Waals surface area contributed by atoms with Crippen molar-refractivity contribution in [1.82, 2.24) is 30.1 Å². The second kappa shape index (κ2) is 16.1. The quantitative estimate of drug-likeness (QED) is 0.335. The van der Waals surface area contributed by atoms with Crippen LogP contribution in [0.2, 0.25) is 0 Å². The summed E-state index contributed by atoms with van der Waals surface area (Å²) in [6.07, 6.45) is 9.37. The molecule has 2 saturated heterocycles. The molecule has 16 heteroatoms. The molecule has 5 amide bonds. The van der Waals surface area contributed by atoms with Crippen molar-refractivity contribution in [2.75, 3.05) is 33.4 Å². The largest absolute Gasteiger partial charge is 0.497 e. The Morgan fingerprint density at radius 3 is 2.58 bits per heavy atom. The molecule has 0 radical (unpaired) electrons. The van der Waals surface area contributed by atoms with Gasteiger partial charge in [0.2, 0.25) is 27.7 Å². The number of fused-ring (bicyclic) bond motifs is 6. The van der Waals surface area contributed by atoms with Crippen molar-refractivity contribution in [2.45, 2.75) is 119 Å². The third-order valence-corrected chi connectivity index (χ3v) is 14.6. The fraction of sp³-hybridized carbons (Fsp3) is 0.634. The van der Waals surface area contributed by atoms with Crippen LogP contribution in [0.3, 0.4) is 0 Å². The van der Waals surface area contributed by atoms with E-state index in [0.717, 1.165) is 55.9 Å². The average molecular weight is 807 g/mol. The van der Waals surface area contributed by atoms with Gasteiger partial charge in [-0.15, -0.1) is 6.58 Å². The fourth-order valence-corrected chi connectivity index (χ4v) is 10.5. The van der Waals surface area contributed by atoms with E-state index in [1.165, 1.54) is 11.0 Å². The van der Waals surface area contributed by atoms with Crippen LogP contribution in [0, 0.1) is 11.8 Å². The fourth-order valence-electron chi connectivity index (χ4n) is 9.10. The monoisotopic (exact) mass is 806 g/mol. The molecular formula is C41H54N6O9S. The lowest BCUT2D eigenvalue weighted by Crippen LogP contribution is -2.59. The number of hydrogen-bond acceptors (Lipinski definition) is 10. The Morgan fingerprint density at radius 2 is 1.84 bits per heavy atom. The van der Waals surface area contributed by atoms with Gasteiger partial charge in [-0.25, -0.2) is 18.2 Å². The molecule has 6 aliphatic rings. The lowest BCUT2D eigenvalue weighted by molar-refractivity contribution is -0.142. The van der Waals surface area contributed by atoms with Crippen LogP contribution in [-0.2, 0) is 35.6 Å². The molecule has 4 bridgehead atoms. The summed E-state index contributed by atoms with van der Waals surface area (Å²) < 4.78 is 46.2. The topological polar surface area (TPSA) is 186 Å². The number of aromatic nitrogens is 1. The van der Waals surface area contributed by atoms with E-state index in [2.05, 4.69) is 28.0 Å². The number of aryl methyl sites for hydroxylation is 1. The molecular weight excluding hydrogens is 753 g/mol. The minimum Gasteiger partial charge on any atom is -0.497 e. The summed E-state index contributed by atoms with van der Waals surface area (Å²) in [7, 11) is -2.30. The molecule has 0 spiro atoms. The number of ether oxygens (including phenoxy) is 3. The number of nitrogens with zero attached hydrogens (tertiary/aromatic N) is 3. The van der Waals surface area contributed by atoms with E-state index in [1.807, 2.05) is 18.2 Å². The van der Waals surface area contributed by atoms with Crippen molar-refractivity contribution in [2.24, 2.45) is 11.8 Å². The molecule has 6 atom stereocenters. The summed E-state index contributed by atoms with van der Waals surface area (Å²) in [4.78, 5) is 65.0. The van der Waals surface area contributed by atoms with Crippen molar-refractivity contribution >= 4 is 44.7 Å². The van der Waals surface area contributed by atoms with Gasteiger partial charge < -0.3 is 34.6 Å². The zero-order valence-corrected chi connectivity index (χ0v) is 33.4. The molecule has 308 valence electrons. The van der Waals surface area contributed by atoms with E-state index >= 15 is 0 Å². The number of amides is 5. The lowest BCUT2D eigenvalue weighted by Gasteiger charge is -2.33. The number of urea groups is 1. The van der Waals surface area contributed by atoms with Crippen molar-refractivity contribution in [3.8, 4) is 11.6 Å². The summed E-state index contributed by atoms with van der Waals surface area (Å²) >= 11 is 0. The maximum Gasteiger partial charge on any atom is 0.318 e. The number of methoxy groups -OCH3 is 1. The van der Waals surface area contributed by atoms with E-state index in [4.69, 9.17) is 19.2 Å². The highest BCUT2D eigenvalue weighted by atomic mass is 32.2. The Hall–Kier alpha value is -4.44. The van der Waals surface area contributed by atoms with Gasteiger partial charge in [-0.3, -0.25) is 19.1 Å². The van der Waals surface area contributed by atoms with Gasteiger partial charge in [0.15, 0.2) is 0 Å². The first-order valence-electron chi connectivity index (χ1n) is 20.6. The third-order valence-electron chi connectivity index (χ3n) is 12.7.